The van der Waals surface area contributed by atoms with Crippen molar-refractivity contribution in [2.75, 3.05) is 22.7 Å². The first-order valence-electron chi connectivity index (χ1n) is 7.60. The molecule has 1 N–H and O–H groups in total. The minimum atomic E-state index is -3.63. The highest BCUT2D eigenvalue weighted by Gasteiger charge is 2.22. The van der Waals surface area contributed by atoms with Crippen molar-refractivity contribution in [2.45, 2.75) is 24.7 Å². The maximum absolute atomic E-state index is 12.6. The molecule has 0 atom stereocenters. The lowest BCUT2D eigenvalue weighted by atomic mass is 10.2. The van der Waals surface area contributed by atoms with Gasteiger partial charge in [-0.2, -0.15) is 0 Å². The summed E-state index contributed by atoms with van der Waals surface area (Å²) in [7, 11) is -3.63. The van der Waals surface area contributed by atoms with Gasteiger partial charge < -0.3 is 4.90 Å². The van der Waals surface area contributed by atoms with Gasteiger partial charge in [-0.15, -0.1) is 0 Å². The normalized spacial score (nSPS) is 15.0. The Morgan fingerprint density at radius 1 is 1.04 bits per heavy atom. The summed E-state index contributed by atoms with van der Waals surface area (Å²) in [5, 5.41) is 0.566. The molecule has 0 amide bonds. The summed E-state index contributed by atoms with van der Waals surface area (Å²) in [6.07, 6.45) is 2.19. The molecule has 6 heteroatoms. The molecule has 2 aromatic carbocycles. The van der Waals surface area contributed by atoms with Crippen molar-refractivity contribution >= 4 is 33.0 Å². The summed E-state index contributed by atoms with van der Waals surface area (Å²) in [5.74, 6) is 0. The molecule has 0 radical (unpaired) electrons. The Balaban J connectivity index is 1.96. The SMILES string of the molecule is Cc1ccc(S(=O)(=O)Nc2cccc(Cl)c2N2CCCC2)cc1. The molecule has 0 spiro atoms. The van der Waals surface area contributed by atoms with E-state index in [0.717, 1.165) is 37.2 Å². The summed E-state index contributed by atoms with van der Waals surface area (Å²) < 4.78 is 27.9. The number of sulfonamides is 1. The van der Waals surface area contributed by atoms with Crippen LogP contribution in [0.25, 0.3) is 0 Å². The summed E-state index contributed by atoms with van der Waals surface area (Å²) in [5.41, 5.74) is 2.31. The van der Waals surface area contributed by atoms with E-state index >= 15 is 0 Å². The molecule has 0 aromatic heterocycles. The fraction of sp³-hybridized carbons (Fsp3) is 0.294. The van der Waals surface area contributed by atoms with E-state index in [1.807, 2.05) is 6.92 Å². The predicted octanol–water partition coefficient (Wildman–Crippen LogP) is 4.05. The topological polar surface area (TPSA) is 49.4 Å². The van der Waals surface area contributed by atoms with E-state index in [9.17, 15) is 8.42 Å². The molecule has 1 aliphatic rings. The van der Waals surface area contributed by atoms with Crippen LogP contribution in [-0.2, 0) is 10.0 Å². The zero-order valence-electron chi connectivity index (χ0n) is 12.9. The fourth-order valence-electron chi connectivity index (χ4n) is 2.78. The largest absolute Gasteiger partial charge is 0.369 e. The highest BCUT2D eigenvalue weighted by molar-refractivity contribution is 7.92. The quantitative estimate of drug-likeness (QED) is 0.905. The van der Waals surface area contributed by atoms with Crippen molar-refractivity contribution in [1.82, 2.24) is 0 Å². The molecule has 1 aliphatic heterocycles. The fourth-order valence-corrected chi connectivity index (χ4v) is 4.14. The van der Waals surface area contributed by atoms with Crippen LogP contribution < -0.4 is 9.62 Å². The lowest BCUT2D eigenvalue weighted by Crippen LogP contribution is -2.21. The summed E-state index contributed by atoms with van der Waals surface area (Å²) in [6.45, 7) is 3.71. The van der Waals surface area contributed by atoms with Gasteiger partial charge >= 0.3 is 0 Å². The Bertz CT molecular complexity index is 798. The third kappa shape index (κ3) is 3.46. The average Bonchev–Trinajstić information content (AvgIpc) is 3.01. The number of aryl methyl sites for hydroxylation is 1. The van der Waals surface area contributed by atoms with Crippen LogP contribution >= 0.6 is 11.6 Å². The van der Waals surface area contributed by atoms with Crippen LogP contribution in [0.2, 0.25) is 5.02 Å². The monoisotopic (exact) mass is 350 g/mol. The zero-order valence-corrected chi connectivity index (χ0v) is 14.5. The number of anilines is 2. The van der Waals surface area contributed by atoms with Gasteiger partial charge in [0.25, 0.3) is 10.0 Å². The first kappa shape index (κ1) is 16.1. The smallest absolute Gasteiger partial charge is 0.261 e. The minimum absolute atomic E-state index is 0.246. The highest BCUT2D eigenvalue weighted by atomic mass is 35.5. The first-order valence-corrected chi connectivity index (χ1v) is 9.46. The van der Waals surface area contributed by atoms with Crippen LogP contribution in [0.5, 0.6) is 0 Å². The molecule has 23 heavy (non-hydrogen) atoms. The summed E-state index contributed by atoms with van der Waals surface area (Å²) in [4.78, 5) is 2.38. The molecule has 1 saturated heterocycles. The number of hydrogen-bond acceptors (Lipinski definition) is 3. The summed E-state index contributed by atoms with van der Waals surface area (Å²) >= 11 is 6.33. The maximum atomic E-state index is 12.6. The molecule has 0 unspecified atom stereocenters. The van der Waals surface area contributed by atoms with Crippen molar-refractivity contribution in [1.29, 1.82) is 0 Å². The molecule has 0 bridgehead atoms. The molecule has 4 nitrogen and oxygen atoms in total. The van der Waals surface area contributed by atoms with Gasteiger partial charge in [-0.05, 0) is 44.0 Å². The number of benzene rings is 2. The predicted molar refractivity (Wildman–Crippen MR) is 94.9 cm³/mol. The van der Waals surface area contributed by atoms with Crippen LogP contribution in [-0.4, -0.2) is 21.5 Å². The van der Waals surface area contributed by atoms with Gasteiger partial charge in [0.1, 0.15) is 0 Å². The van der Waals surface area contributed by atoms with Gasteiger partial charge in [0, 0.05) is 13.1 Å². The molecule has 0 saturated carbocycles. The number of halogens is 1. The maximum Gasteiger partial charge on any atom is 0.261 e. The van der Waals surface area contributed by atoms with E-state index < -0.39 is 10.0 Å². The molecular formula is C17H19ClN2O2S. The first-order chi connectivity index (χ1) is 11.0. The van der Waals surface area contributed by atoms with Crippen molar-refractivity contribution in [3.63, 3.8) is 0 Å². The van der Waals surface area contributed by atoms with Gasteiger partial charge in [-0.1, -0.05) is 35.4 Å². The van der Waals surface area contributed by atoms with E-state index in [0.29, 0.717) is 10.7 Å². The Kier molecular flexibility index (Phi) is 4.50. The third-order valence-corrected chi connectivity index (χ3v) is 5.67. The number of rotatable bonds is 4. The lowest BCUT2D eigenvalue weighted by molar-refractivity contribution is 0.601. The third-order valence-electron chi connectivity index (χ3n) is 3.98. The second kappa shape index (κ2) is 6.42. The standard InChI is InChI=1S/C17H19ClN2O2S/c1-13-7-9-14(10-8-13)23(21,22)19-16-6-4-5-15(18)17(16)20-11-2-3-12-20/h4-10,19H,2-3,11-12H2,1H3. The Morgan fingerprint density at radius 2 is 1.70 bits per heavy atom. The van der Waals surface area contributed by atoms with Gasteiger partial charge in [0.05, 0.1) is 21.3 Å². The number of nitrogens with zero attached hydrogens (tertiary/aromatic N) is 1. The molecule has 2 aromatic rings. The second-order valence-electron chi connectivity index (χ2n) is 5.75. The van der Waals surface area contributed by atoms with E-state index in [2.05, 4.69) is 9.62 Å². The van der Waals surface area contributed by atoms with E-state index in [1.54, 1.807) is 42.5 Å². The van der Waals surface area contributed by atoms with Crippen molar-refractivity contribution in [3.8, 4) is 0 Å². The molecule has 0 aliphatic carbocycles. The Labute approximate surface area is 142 Å². The molecule has 3 rings (SSSR count). The molecular weight excluding hydrogens is 332 g/mol. The van der Waals surface area contributed by atoms with Crippen LogP contribution in [0.4, 0.5) is 11.4 Å². The number of nitrogens with one attached hydrogen (secondary N) is 1. The zero-order chi connectivity index (χ0) is 16.4. The van der Waals surface area contributed by atoms with Gasteiger partial charge in [-0.3, -0.25) is 4.72 Å². The summed E-state index contributed by atoms with van der Waals surface area (Å²) in [6, 6.07) is 12.1. The van der Waals surface area contributed by atoms with E-state index in [-0.39, 0.29) is 4.90 Å². The Hall–Kier alpha value is -1.72. The van der Waals surface area contributed by atoms with Crippen LogP contribution in [0.15, 0.2) is 47.4 Å². The van der Waals surface area contributed by atoms with Crippen molar-refractivity contribution < 1.29 is 8.42 Å². The molecule has 122 valence electrons. The molecule has 1 heterocycles. The second-order valence-corrected chi connectivity index (χ2v) is 7.84. The number of hydrogen-bond donors (Lipinski definition) is 1. The highest BCUT2D eigenvalue weighted by Crippen LogP contribution is 2.36. The lowest BCUT2D eigenvalue weighted by Gasteiger charge is -2.23. The van der Waals surface area contributed by atoms with Crippen molar-refractivity contribution in [3.05, 3.63) is 53.1 Å². The van der Waals surface area contributed by atoms with E-state index in [4.69, 9.17) is 11.6 Å². The van der Waals surface area contributed by atoms with Gasteiger partial charge in [-0.25, -0.2) is 8.42 Å². The average molecular weight is 351 g/mol. The van der Waals surface area contributed by atoms with Gasteiger partial charge in [0.15, 0.2) is 0 Å². The minimum Gasteiger partial charge on any atom is -0.369 e. The Morgan fingerprint density at radius 3 is 2.35 bits per heavy atom. The van der Waals surface area contributed by atoms with Crippen LogP contribution in [0.1, 0.15) is 18.4 Å². The van der Waals surface area contributed by atoms with Gasteiger partial charge in [0.2, 0.25) is 0 Å². The van der Waals surface area contributed by atoms with Crippen LogP contribution in [0.3, 0.4) is 0 Å². The van der Waals surface area contributed by atoms with Crippen molar-refractivity contribution in [2.24, 2.45) is 0 Å². The van der Waals surface area contributed by atoms with E-state index in [1.165, 1.54) is 0 Å². The molecule has 1 fully saturated rings. The van der Waals surface area contributed by atoms with Crippen LogP contribution in [0, 0.1) is 6.92 Å². The number of para-hydroxylation sites is 1.